The first-order chi connectivity index (χ1) is 18.7. The SMILES string of the molecule is CCN(C(=O)[C@H]1CNCC[C@@H]1c1cccc(-c2ccccc2)c1)c1ccc2c(c1)N(CCCOC)CCO2. The van der Waals surface area contributed by atoms with Crippen LogP contribution < -0.4 is 19.9 Å². The molecule has 1 saturated heterocycles. The van der Waals surface area contributed by atoms with E-state index in [2.05, 4.69) is 71.7 Å². The minimum Gasteiger partial charge on any atom is -0.490 e. The van der Waals surface area contributed by atoms with Crippen LogP contribution in [-0.4, -0.2) is 59.0 Å². The molecule has 2 aliphatic heterocycles. The molecule has 5 rings (SSSR count). The standard InChI is InChI=1S/C32H39N3O3/c1-3-35(27-13-14-31-30(22-27)34(18-20-38-31)17-8-19-37-2)32(36)29-23-33-16-15-28(29)26-12-7-11-25(21-26)24-9-5-4-6-10-24/h4-7,9-14,21-22,28-29,33H,3,8,15-20,23H2,1-2H3/t28-,29+/m1/s1. The molecule has 0 saturated carbocycles. The van der Waals surface area contributed by atoms with Crippen LogP contribution in [0.1, 0.15) is 31.2 Å². The Bertz CT molecular complexity index is 1220. The van der Waals surface area contributed by atoms with Crippen molar-refractivity contribution in [3.8, 4) is 16.9 Å². The Morgan fingerprint density at radius 1 is 1.08 bits per heavy atom. The summed E-state index contributed by atoms with van der Waals surface area (Å²) >= 11 is 0. The smallest absolute Gasteiger partial charge is 0.231 e. The Hall–Kier alpha value is -3.35. The van der Waals surface area contributed by atoms with E-state index < -0.39 is 0 Å². The lowest BCUT2D eigenvalue weighted by Gasteiger charge is -2.36. The van der Waals surface area contributed by atoms with Crippen LogP contribution in [0.3, 0.4) is 0 Å². The van der Waals surface area contributed by atoms with Crippen molar-refractivity contribution < 1.29 is 14.3 Å². The van der Waals surface area contributed by atoms with Gasteiger partial charge in [0.1, 0.15) is 12.4 Å². The lowest BCUT2D eigenvalue weighted by molar-refractivity contribution is -0.123. The normalized spacial score (nSPS) is 18.9. The molecule has 2 aliphatic rings. The number of methoxy groups -OCH3 is 1. The molecular weight excluding hydrogens is 474 g/mol. The van der Waals surface area contributed by atoms with Gasteiger partial charge in [-0.2, -0.15) is 0 Å². The van der Waals surface area contributed by atoms with Gasteiger partial charge in [-0.25, -0.2) is 0 Å². The lowest BCUT2D eigenvalue weighted by Crippen LogP contribution is -2.46. The van der Waals surface area contributed by atoms with Gasteiger partial charge in [0.2, 0.25) is 5.91 Å². The molecular formula is C32H39N3O3. The molecule has 0 aromatic heterocycles. The van der Waals surface area contributed by atoms with Crippen molar-refractivity contribution in [2.45, 2.75) is 25.7 Å². The summed E-state index contributed by atoms with van der Waals surface area (Å²) in [6.07, 6.45) is 1.89. The predicted octanol–water partition coefficient (Wildman–Crippen LogP) is 5.34. The van der Waals surface area contributed by atoms with Gasteiger partial charge in [0, 0.05) is 39.0 Å². The molecule has 3 aromatic rings. The van der Waals surface area contributed by atoms with Gasteiger partial charge >= 0.3 is 0 Å². The van der Waals surface area contributed by atoms with Gasteiger partial charge in [-0.1, -0.05) is 54.6 Å². The number of benzene rings is 3. The highest BCUT2D eigenvalue weighted by Crippen LogP contribution is 2.38. The molecule has 2 atom stereocenters. The highest BCUT2D eigenvalue weighted by atomic mass is 16.5. The number of hydrogen-bond acceptors (Lipinski definition) is 5. The van der Waals surface area contributed by atoms with Crippen molar-refractivity contribution in [1.29, 1.82) is 0 Å². The number of hydrogen-bond donors (Lipinski definition) is 1. The summed E-state index contributed by atoms with van der Waals surface area (Å²) in [5, 5.41) is 3.49. The second-order valence-corrected chi connectivity index (χ2v) is 10.1. The molecule has 38 heavy (non-hydrogen) atoms. The van der Waals surface area contributed by atoms with Crippen molar-refractivity contribution in [1.82, 2.24) is 5.32 Å². The molecule has 1 N–H and O–H groups in total. The van der Waals surface area contributed by atoms with Crippen LogP contribution in [0.25, 0.3) is 11.1 Å². The highest BCUT2D eigenvalue weighted by molar-refractivity contribution is 5.96. The molecule has 2 heterocycles. The van der Waals surface area contributed by atoms with Crippen molar-refractivity contribution in [3.63, 3.8) is 0 Å². The van der Waals surface area contributed by atoms with Crippen LogP contribution in [0.5, 0.6) is 5.75 Å². The number of rotatable bonds is 9. The number of anilines is 2. The average Bonchev–Trinajstić information content (AvgIpc) is 2.98. The van der Waals surface area contributed by atoms with E-state index in [1.54, 1.807) is 7.11 Å². The van der Waals surface area contributed by atoms with Crippen LogP contribution >= 0.6 is 0 Å². The van der Waals surface area contributed by atoms with Gasteiger partial charge in [0.25, 0.3) is 0 Å². The third-order valence-electron chi connectivity index (χ3n) is 7.79. The maximum Gasteiger partial charge on any atom is 0.231 e. The second kappa shape index (κ2) is 12.5. The van der Waals surface area contributed by atoms with Gasteiger partial charge < -0.3 is 24.6 Å². The fourth-order valence-electron chi connectivity index (χ4n) is 5.82. The van der Waals surface area contributed by atoms with E-state index in [0.717, 1.165) is 56.2 Å². The second-order valence-electron chi connectivity index (χ2n) is 10.1. The van der Waals surface area contributed by atoms with E-state index in [9.17, 15) is 4.79 Å². The number of nitrogens with one attached hydrogen (secondary N) is 1. The largest absolute Gasteiger partial charge is 0.490 e. The minimum atomic E-state index is -0.125. The molecule has 1 fully saturated rings. The van der Waals surface area contributed by atoms with Crippen LogP contribution in [0.15, 0.2) is 72.8 Å². The van der Waals surface area contributed by atoms with Crippen molar-refractivity contribution >= 4 is 17.3 Å². The van der Waals surface area contributed by atoms with Crippen LogP contribution in [0, 0.1) is 5.92 Å². The zero-order chi connectivity index (χ0) is 26.3. The molecule has 1 amide bonds. The molecule has 0 radical (unpaired) electrons. The first kappa shape index (κ1) is 26.3. The fraction of sp³-hybridized carbons (Fsp3) is 0.406. The Labute approximate surface area is 226 Å². The summed E-state index contributed by atoms with van der Waals surface area (Å²) in [4.78, 5) is 18.5. The van der Waals surface area contributed by atoms with Crippen LogP contribution in [0.4, 0.5) is 11.4 Å². The lowest BCUT2D eigenvalue weighted by atomic mass is 9.79. The molecule has 6 heteroatoms. The van der Waals surface area contributed by atoms with Gasteiger partial charge in [-0.15, -0.1) is 0 Å². The highest BCUT2D eigenvalue weighted by Gasteiger charge is 2.35. The average molecular weight is 514 g/mol. The molecule has 6 nitrogen and oxygen atoms in total. The molecule has 0 unspecified atom stereocenters. The summed E-state index contributed by atoms with van der Waals surface area (Å²) in [5.41, 5.74) is 5.63. The topological polar surface area (TPSA) is 54.0 Å². The fourth-order valence-corrected chi connectivity index (χ4v) is 5.82. The van der Waals surface area contributed by atoms with E-state index >= 15 is 0 Å². The van der Waals surface area contributed by atoms with Crippen molar-refractivity contribution in [2.24, 2.45) is 5.92 Å². The Morgan fingerprint density at radius 3 is 2.74 bits per heavy atom. The quantitative estimate of drug-likeness (QED) is 0.392. The van der Waals surface area contributed by atoms with Gasteiger partial charge in [0.05, 0.1) is 18.2 Å². The van der Waals surface area contributed by atoms with Crippen LogP contribution in [0.2, 0.25) is 0 Å². The van der Waals surface area contributed by atoms with Gasteiger partial charge in [0.15, 0.2) is 0 Å². The first-order valence-corrected chi connectivity index (χ1v) is 13.9. The number of carbonyl (C=O) groups excluding carboxylic acids is 1. The summed E-state index contributed by atoms with van der Waals surface area (Å²) in [6.45, 7) is 7.43. The molecule has 0 spiro atoms. The number of fused-ring (bicyclic) bond motifs is 1. The zero-order valence-corrected chi connectivity index (χ0v) is 22.6. The predicted molar refractivity (Wildman–Crippen MR) is 154 cm³/mol. The first-order valence-electron chi connectivity index (χ1n) is 13.9. The number of amides is 1. The number of piperidine rings is 1. The van der Waals surface area contributed by atoms with E-state index in [1.165, 1.54) is 16.7 Å². The monoisotopic (exact) mass is 513 g/mol. The summed E-state index contributed by atoms with van der Waals surface area (Å²) in [6, 6.07) is 25.4. The van der Waals surface area contributed by atoms with Gasteiger partial charge in [-0.05, 0) is 67.1 Å². The van der Waals surface area contributed by atoms with Crippen molar-refractivity contribution in [2.75, 3.05) is 62.8 Å². The number of carbonyl (C=O) groups is 1. The molecule has 0 bridgehead atoms. The molecule has 3 aromatic carbocycles. The minimum absolute atomic E-state index is 0.125. The van der Waals surface area contributed by atoms with E-state index in [1.807, 2.05) is 23.1 Å². The molecule has 0 aliphatic carbocycles. The Kier molecular flexibility index (Phi) is 8.61. The number of ether oxygens (including phenoxy) is 2. The van der Waals surface area contributed by atoms with E-state index in [0.29, 0.717) is 19.7 Å². The summed E-state index contributed by atoms with van der Waals surface area (Å²) in [7, 11) is 1.74. The maximum atomic E-state index is 14.2. The molecule has 200 valence electrons. The Balaban J connectivity index is 1.40. The Morgan fingerprint density at radius 2 is 1.92 bits per heavy atom. The van der Waals surface area contributed by atoms with Crippen LogP contribution in [-0.2, 0) is 9.53 Å². The third kappa shape index (κ3) is 5.71. The zero-order valence-electron chi connectivity index (χ0n) is 22.6. The summed E-state index contributed by atoms with van der Waals surface area (Å²) in [5.74, 6) is 1.11. The maximum absolute atomic E-state index is 14.2. The van der Waals surface area contributed by atoms with E-state index in [-0.39, 0.29) is 17.7 Å². The van der Waals surface area contributed by atoms with Crippen molar-refractivity contribution in [3.05, 3.63) is 78.4 Å². The van der Waals surface area contributed by atoms with Gasteiger partial charge in [-0.3, -0.25) is 4.79 Å². The summed E-state index contributed by atoms with van der Waals surface area (Å²) < 4.78 is 11.2. The van der Waals surface area contributed by atoms with E-state index in [4.69, 9.17) is 9.47 Å². The third-order valence-corrected chi connectivity index (χ3v) is 7.79. The number of nitrogens with zero attached hydrogens (tertiary/aromatic N) is 2.